The Labute approximate surface area is 306 Å². The normalized spacial score (nSPS) is 13.0. The fourth-order valence-electron chi connectivity index (χ4n) is 5.62. The third-order valence-electron chi connectivity index (χ3n) is 8.32. The molecule has 0 fully saturated rings. The molecule has 2 aromatic heterocycles. The number of ether oxygens (including phenoxy) is 1. The Hall–Kier alpha value is -4.34. The molecule has 3 aromatic carbocycles. The first-order chi connectivity index (χ1) is 24.6. The highest BCUT2D eigenvalue weighted by Gasteiger charge is 2.34. The largest absolute Gasteiger partial charge is 0.453 e. The molecule has 0 saturated heterocycles. The summed E-state index contributed by atoms with van der Waals surface area (Å²) in [5.74, 6) is -0.666. The first-order valence-corrected chi connectivity index (χ1v) is 19.7. The molecule has 2 atom stereocenters. The number of anilines is 1. The molecule has 5 aromatic rings. The lowest BCUT2D eigenvalue weighted by Gasteiger charge is -2.30. The first kappa shape index (κ1) is 37.9. The molecule has 0 bridgehead atoms. The van der Waals surface area contributed by atoms with Gasteiger partial charge < -0.3 is 20.5 Å². The van der Waals surface area contributed by atoms with Crippen molar-refractivity contribution in [1.29, 1.82) is 0 Å². The monoisotopic (exact) mass is 747 g/mol. The highest BCUT2D eigenvalue weighted by Crippen LogP contribution is 2.33. The lowest BCUT2D eigenvalue weighted by Crippen LogP contribution is -2.48. The molecular formula is C37H41N5O6S3. The molecule has 5 rings (SSSR count). The molecule has 11 nitrogen and oxygen atoms in total. The summed E-state index contributed by atoms with van der Waals surface area (Å²) in [6.07, 6.45) is 2.90. The van der Waals surface area contributed by atoms with Gasteiger partial charge in [0.05, 0.1) is 52.3 Å². The van der Waals surface area contributed by atoms with Gasteiger partial charge in [-0.05, 0) is 47.7 Å². The molecule has 0 saturated carbocycles. The number of carbonyl (C=O) groups excluding carboxylic acids is 2. The second kappa shape index (κ2) is 17.7. The van der Waals surface area contributed by atoms with E-state index in [2.05, 4.69) is 20.6 Å². The maximum absolute atomic E-state index is 14.2. The number of thioether (sulfide) groups is 1. The van der Waals surface area contributed by atoms with Crippen molar-refractivity contribution in [2.45, 2.75) is 48.1 Å². The molecule has 0 radical (unpaired) electrons. The molecule has 0 aliphatic carbocycles. The maximum atomic E-state index is 14.2. The molecule has 268 valence electrons. The number of methoxy groups -OCH3 is 1. The van der Waals surface area contributed by atoms with Gasteiger partial charge in [0.2, 0.25) is 15.9 Å². The molecule has 0 unspecified atom stereocenters. The van der Waals surface area contributed by atoms with Crippen LogP contribution in [0.25, 0.3) is 10.2 Å². The third kappa shape index (κ3) is 9.51. The predicted octanol–water partition coefficient (Wildman–Crippen LogP) is 6.38. The van der Waals surface area contributed by atoms with E-state index < -0.39 is 46.6 Å². The van der Waals surface area contributed by atoms with Crippen LogP contribution in [0.5, 0.6) is 0 Å². The average Bonchev–Trinajstić information content (AvgIpc) is 3.62. The molecule has 0 aliphatic rings. The van der Waals surface area contributed by atoms with Crippen LogP contribution in [0, 0.1) is 5.92 Å². The van der Waals surface area contributed by atoms with Crippen LogP contribution in [-0.2, 0) is 19.6 Å². The zero-order valence-electron chi connectivity index (χ0n) is 28.5. The van der Waals surface area contributed by atoms with Crippen molar-refractivity contribution >= 4 is 61.0 Å². The van der Waals surface area contributed by atoms with Crippen molar-refractivity contribution < 1.29 is 27.9 Å². The van der Waals surface area contributed by atoms with Gasteiger partial charge in [-0.15, -0.1) is 23.1 Å². The van der Waals surface area contributed by atoms with E-state index in [4.69, 9.17) is 4.74 Å². The summed E-state index contributed by atoms with van der Waals surface area (Å²) >= 11 is 2.65. The number of pyridine rings is 1. The third-order valence-corrected chi connectivity index (χ3v) is 12.3. The SMILES string of the molecule is COC(=O)N[C@H](C(=O)Nc1cnccc1SC[C@@H](CO)N(CCC(C)C)S(=O)(=O)c1ccc2ncsc2c1)C(c1ccccc1)c1ccccc1. The van der Waals surface area contributed by atoms with Crippen LogP contribution in [0.1, 0.15) is 37.3 Å². The number of benzene rings is 3. The van der Waals surface area contributed by atoms with Crippen LogP contribution in [0.3, 0.4) is 0 Å². The summed E-state index contributed by atoms with van der Waals surface area (Å²) < 4.78 is 35.2. The topological polar surface area (TPSA) is 151 Å². The van der Waals surface area contributed by atoms with Gasteiger partial charge in [-0.3, -0.25) is 9.78 Å². The van der Waals surface area contributed by atoms with Crippen LogP contribution < -0.4 is 10.6 Å². The van der Waals surface area contributed by atoms with Crippen molar-refractivity contribution in [2.24, 2.45) is 5.92 Å². The van der Waals surface area contributed by atoms with Gasteiger partial charge >= 0.3 is 6.09 Å². The number of aromatic nitrogens is 2. The van der Waals surface area contributed by atoms with Gasteiger partial charge in [0, 0.05) is 29.3 Å². The fourth-order valence-corrected chi connectivity index (χ4v) is 9.24. The smallest absolute Gasteiger partial charge is 0.407 e. The molecule has 51 heavy (non-hydrogen) atoms. The summed E-state index contributed by atoms with van der Waals surface area (Å²) in [5.41, 5.74) is 4.38. The van der Waals surface area contributed by atoms with E-state index >= 15 is 0 Å². The number of sulfonamides is 1. The van der Waals surface area contributed by atoms with Crippen molar-refractivity contribution in [1.82, 2.24) is 19.6 Å². The van der Waals surface area contributed by atoms with Gasteiger partial charge in [-0.25, -0.2) is 18.2 Å². The van der Waals surface area contributed by atoms with Crippen LogP contribution in [0.2, 0.25) is 0 Å². The molecular weight excluding hydrogens is 707 g/mol. The van der Waals surface area contributed by atoms with Crippen molar-refractivity contribution in [2.75, 3.05) is 31.3 Å². The minimum Gasteiger partial charge on any atom is -0.453 e. The second-order valence-corrected chi connectivity index (χ2v) is 16.0. The van der Waals surface area contributed by atoms with E-state index in [1.165, 1.54) is 40.7 Å². The number of amides is 2. The molecule has 14 heteroatoms. The zero-order valence-corrected chi connectivity index (χ0v) is 31.0. The van der Waals surface area contributed by atoms with Crippen molar-refractivity contribution in [3.05, 3.63) is 114 Å². The fraction of sp³-hybridized carbons (Fsp3) is 0.297. The zero-order chi connectivity index (χ0) is 36.4. The minimum atomic E-state index is -3.99. The highest BCUT2D eigenvalue weighted by molar-refractivity contribution is 7.99. The summed E-state index contributed by atoms with van der Waals surface area (Å²) in [4.78, 5) is 36.0. The molecule has 3 N–H and O–H groups in total. The Morgan fingerprint density at radius 2 is 1.69 bits per heavy atom. The number of carbonyl (C=O) groups is 2. The summed E-state index contributed by atoms with van der Waals surface area (Å²) in [5, 5.41) is 16.3. The number of nitrogens with one attached hydrogen (secondary N) is 2. The predicted molar refractivity (Wildman–Crippen MR) is 201 cm³/mol. The van der Waals surface area contributed by atoms with Gasteiger partial charge in [0.1, 0.15) is 6.04 Å². The number of hydrogen-bond donors (Lipinski definition) is 3. The summed E-state index contributed by atoms with van der Waals surface area (Å²) in [6, 6.07) is 23.5. The molecule has 2 heterocycles. The lowest BCUT2D eigenvalue weighted by molar-refractivity contribution is -0.118. The molecule has 0 spiro atoms. The Morgan fingerprint density at radius 1 is 1.00 bits per heavy atom. The van der Waals surface area contributed by atoms with Crippen LogP contribution in [0.15, 0.2) is 113 Å². The number of aliphatic hydroxyl groups excluding tert-OH is 1. The quantitative estimate of drug-likeness (QED) is 0.0978. The number of rotatable bonds is 16. The Morgan fingerprint density at radius 3 is 2.31 bits per heavy atom. The molecule has 0 aliphatic heterocycles. The van der Waals surface area contributed by atoms with Crippen LogP contribution in [-0.4, -0.2) is 77.9 Å². The van der Waals surface area contributed by atoms with E-state index in [1.807, 2.05) is 74.5 Å². The average molecular weight is 748 g/mol. The van der Waals surface area contributed by atoms with Crippen LogP contribution in [0.4, 0.5) is 10.5 Å². The molecule has 2 amide bonds. The van der Waals surface area contributed by atoms with Crippen molar-refractivity contribution in [3.63, 3.8) is 0 Å². The number of nitrogens with zero attached hydrogens (tertiary/aromatic N) is 3. The standard InChI is InChI=1S/C37H41N5O6S3/c1-25(2)17-19-42(51(46,47)29-14-15-30-33(20-29)50-24-39-30)28(22-43)23-49-32-16-18-38-21-31(32)40-36(44)35(41-37(45)48-3)34(26-10-6-4-7-11-26)27-12-8-5-9-13-27/h4-16,18,20-21,24-25,28,34-35,43H,17,19,22-23H2,1-3H3,(H,40,44)(H,41,45)/t28-,35+/m1/s1. The lowest BCUT2D eigenvalue weighted by atomic mass is 9.84. The second-order valence-electron chi connectivity index (χ2n) is 12.2. The minimum absolute atomic E-state index is 0.138. The van der Waals surface area contributed by atoms with Gasteiger partial charge in [0.15, 0.2) is 0 Å². The Kier molecular flexibility index (Phi) is 13.2. The van der Waals surface area contributed by atoms with Crippen molar-refractivity contribution in [3.8, 4) is 0 Å². The maximum Gasteiger partial charge on any atom is 0.407 e. The Balaban J connectivity index is 1.41. The number of aliphatic hydroxyl groups is 1. The van der Waals surface area contributed by atoms with E-state index in [0.717, 1.165) is 21.3 Å². The van der Waals surface area contributed by atoms with Gasteiger partial charge in [-0.2, -0.15) is 4.31 Å². The van der Waals surface area contributed by atoms with E-state index in [0.29, 0.717) is 17.0 Å². The number of fused-ring (bicyclic) bond motifs is 1. The highest BCUT2D eigenvalue weighted by atomic mass is 32.2. The van der Waals surface area contributed by atoms with Gasteiger partial charge in [-0.1, -0.05) is 74.5 Å². The van der Waals surface area contributed by atoms with E-state index in [9.17, 15) is 23.1 Å². The summed E-state index contributed by atoms with van der Waals surface area (Å²) in [7, 11) is -2.76. The van der Waals surface area contributed by atoms with E-state index in [-0.39, 0.29) is 23.1 Å². The Bertz CT molecular complexity index is 1970. The number of alkyl carbamates (subject to hydrolysis) is 1. The number of thiazole rings is 1. The van der Waals surface area contributed by atoms with Crippen LogP contribution >= 0.6 is 23.1 Å². The summed E-state index contributed by atoms with van der Waals surface area (Å²) in [6.45, 7) is 3.84. The van der Waals surface area contributed by atoms with E-state index in [1.54, 1.807) is 36.0 Å². The first-order valence-electron chi connectivity index (χ1n) is 16.4. The number of hydrogen-bond acceptors (Lipinski definition) is 10. The van der Waals surface area contributed by atoms with Gasteiger partial charge in [0.25, 0.3) is 0 Å².